The Morgan fingerprint density at radius 3 is 2.43 bits per heavy atom. The van der Waals surface area contributed by atoms with E-state index < -0.39 is 12.5 Å². The standard InChI is InChI=1S/C19H20N2/c1-13-8-4-6-10-17(13)20-12-21-18-11-7-5-9-16(18)14(2)19(21)15(20)3/h4-11,14H,12H2,1-3H3/i12D,14D. The van der Waals surface area contributed by atoms with Gasteiger partial charge in [-0.3, -0.25) is 0 Å². The summed E-state index contributed by atoms with van der Waals surface area (Å²) in [5.41, 5.74) is 6.06. The fourth-order valence-corrected chi connectivity index (χ4v) is 3.39. The normalized spacial score (nSPS) is 28.4. The van der Waals surface area contributed by atoms with Crippen LogP contribution >= 0.6 is 0 Å². The van der Waals surface area contributed by atoms with Crippen LogP contribution < -0.4 is 9.80 Å². The Kier molecular flexibility index (Phi) is 2.19. The first-order chi connectivity index (χ1) is 10.9. The van der Waals surface area contributed by atoms with Crippen LogP contribution in [0.4, 0.5) is 11.4 Å². The van der Waals surface area contributed by atoms with Gasteiger partial charge in [-0.1, -0.05) is 43.3 Å². The predicted molar refractivity (Wildman–Crippen MR) is 88.6 cm³/mol. The van der Waals surface area contributed by atoms with Gasteiger partial charge in [-0.2, -0.15) is 0 Å². The molecular formula is C19H20N2. The highest BCUT2D eigenvalue weighted by atomic mass is 15.4. The van der Waals surface area contributed by atoms with Crippen molar-refractivity contribution in [2.24, 2.45) is 0 Å². The summed E-state index contributed by atoms with van der Waals surface area (Å²) >= 11 is 0. The molecule has 106 valence electrons. The lowest BCUT2D eigenvalue weighted by molar-refractivity contribution is 0.899. The van der Waals surface area contributed by atoms with E-state index in [2.05, 4.69) is 19.1 Å². The van der Waals surface area contributed by atoms with Crippen LogP contribution in [0.15, 0.2) is 59.9 Å². The van der Waals surface area contributed by atoms with Crippen molar-refractivity contribution in [1.82, 2.24) is 0 Å². The average Bonchev–Trinajstić information content (AvgIpc) is 2.93. The van der Waals surface area contributed by atoms with Gasteiger partial charge in [0.1, 0.15) is 0 Å². The molecule has 0 bridgehead atoms. The van der Waals surface area contributed by atoms with Gasteiger partial charge in [-0.15, -0.1) is 0 Å². The van der Waals surface area contributed by atoms with Crippen molar-refractivity contribution >= 4 is 11.4 Å². The first-order valence-electron chi connectivity index (χ1n) is 8.39. The lowest BCUT2D eigenvalue weighted by atomic mass is 10.00. The van der Waals surface area contributed by atoms with Crippen LogP contribution in [0, 0.1) is 6.92 Å². The highest BCUT2D eigenvalue weighted by Gasteiger charge is 2.38. The average molecular weight is 278 g/mol. The van der Waals surface area contributed by atoms with E-state index in [0.29, 0.717) is 0 Å². The van der Waals surface area contributed by atoms with Crippen molar-refractivity contribution in [3.05, 3.63) is 71.1 Å². The Morgan fingerprint density at radius 1 is 1.00 bits per heavy atom. The second-order valence-electron chi connectivity index (χ2n) is 5.72. The summed E-state index contributed by atoms with van der Waals surface area (Å²) in [5.74, 6) is -0.822. The summed E-state index contributed by atoms with van der Waals surface area (Å²) in [6.07, 6.45) is 0. The molecule has 0 fully saturated rings. The number of anilines is 2. The van der Waals surface area contributed by atoms with E-state index in [-0.39, 0.29) is 0 Å². The van der Waals surface area contributed by atoms with Gasteiger partial charge >= 0.3 is 0 Å². The summed E-state index contributed by atoms with van der Waals surface area (Å²) in [5, 5.41) is 0. The number of para-hydroxylation sites is 2. The third-order valence-electron chi connectivity index (χ3n) is 4.47. The van der Waals surface area contributed by atoms with Gasteiger partial charge < -0.3 is 9.80 Å². The SMILES string of the molecule is [2H]C1N(c2ccccc2C)C(C)=C2N1c1ccccc1C2([2H])C. The second-order valence-corrected chi connectivity index (χ2v) is 5.72. The molecular weight excluding hydrogens is 256 g/mol. The van der Waals surface area contributed by atoms with E-state index in [0.717, 1.165) is 33.9 Å². The zero-order valence-electron chi connectivity index (χ0n) is 14.6. The number of nitrogens with zero attached hydrogens (tertiary/aromatic N) is 2. The van der Waals surface area contributed by atoms with E-state index in [1.54, 1.807) is 0 Å². The summed E-state index contributed by atoms with van der Waals surface area (Å²) in [6.45, 7) is 5.46. The lowest BCUT2D eigenvalue weighted by Crippen LogP contribution is -2.26. The molecule has 0 saturated carbocycles. The third-order valence-corrected chi connectivity index (χ3v) is 4.47. The zero-order chi connectivity index (χ0) is 16.4. The van der Waals surface area contributed by atoms with E-state index >= 15 is 0 Å². The van der Waals surface area contributed by atoms with Crippen LogP contribution in [0.5, 0.6) is 0 Å². The summed E-state index contributed by atoms with van der Waals surface area (Å²) < 4.78 is 17.7. The number of hydrogen-bond acceptors (Lipinski definition) is 2. The molecule has 0 radical (unpaired) electrons. The quantitative estimate of drug-likeness (QED) is 0.750. The van der Waals surface area contributed by atoms with Crippen molar-refractivity contribution in [1.29, 1.82) is 0 Å². The fourth-order valence-electron chi connectivity index (χ4n) is 3.39. The minimum Gasteiger partial charge on any atom is -0.325 e. The van der Waals surface area contributed by atoms with Gasteiger partial charge in [0.25, 0.3) is 0 Å². The number of fused-ring (bicyclic) bond motifs is 3. The maximum absolute atomic E-state index is 8.91. The summed E-state index contributed by atoms with van der Waals surface area (Å²) in [4.78, 5) is 4.04. The largest absolute Gasteiger partial charge is 0.325 e. The highest BCUT2D eigenvalue weighted by Crippen LogP contribution is 2.48. The van der Waals surface area contributed by atoms with Crippen molar-refractivity contribution in [3.8, 4) is 0 Å². The maximum Gasteiger partial charge on any atom is 0.0995 e. The smallest absolute Gasteiger partial charge is 0.0995 e. The van der Waals surface area contributed by atoms with E-state index in [9.17, 15) is 0 Å². The molecule has 2 nitrogen and oxygen atoms in total. The molecule has 2 heterocycles. The topological polar surface area (TPSA) is 6.48 Å². The molecule has 4 rings (SSSR count). The van der Waals surface area contributed by atoms with Crippen LogP contribution in [0.3, 0.4) is 0 Å². The molecule has 2 unspecified atom stereocenters. The van der Waals surface area contributed by atoms with Crippen molar-refractivity contribution < 1.29 is 2.74 Å². The van der Waals surface area contributed by atoms with Gasteiger partial charge in [0.15, 0.2) is 0 Å². The molecule has 0 aromatic heterocycles. The van der Waals surface area contributed by atoms with Crippen molar-refractivity contribution in [2.45, 2.75) is 26.7 Å². The van der Waals surface area contributed by atoms with E-state index in [4.69, 9.17) is 2.74 Å². The summed E-state index contributed by atoms with van der Waals surface area (Å²) in [6, 6.07) is 16.1. The van der Waals surface area contributed by atoms with E-state index in [1.807, 2.05) is 60.0 Å². The minimum absolute atomic E-state index is 0.570. The number of hydrogen-bond donors (Lipinski definition) is 0. The number of rotatable bonds is 1. The van der Waals surface area contributed by atoms with Crippen LogP contribution in [0.1, 0.15) is 33.6 Å². The second kappa shape index (κ2) is 4.39. The Morgan fingerprint density at radius 2 is 1.67 bits per heavy atom. The van der Waals surface area contributed by atoms with Crippen LogP contribution in [0.25, 0.3) is 0 Å². The van der Waals surface area contributed by atoms with Crippen molar-refractivity contribution in [3.63, 3.8) is 0 Å². The van der Waals surface area contributed by atoms with Gasteiger partial charge in [0, 0.05) is 30.0 Å². The van der Waals surface area contributed by atoms with Crippen molar-refractivity contribution in [2.75, 3.05) is 16.4 Å². The Hall–Kier alpha value is -2.22. The van der Waals surface area contributed by atoms with Crippen LogP contribution in [-0.2, 0) is 0 Å². The molecule has 2 aromatic carbocycles. The number of allylic oxidation sites excluding steroid dienone is 2. The molecule has 0 aliphatic carbocycles. The molecule has 2 aliphatic heterocycles. The zero-order valence-corrected chi connectivity index (χ0v) is 12.6. The molecule has 2 aliphatic rings. The molecule has 0 amide bonds. The minimum atomic E-state index is -0.822. The molecule has 2 aromatic rings. The molecule has 21 heavy (non-hydrogen) atoms. The third kappa shape index (κ3) is 1.65. The van der Waals surface area contributed by atoms with Crippen LogP contribution in [-0.4, -0.2) is 6.64 Å². The number of benzene rings is 2. The Balaban J connectivity index is 1.93. The molecule has 0 spiro atoms. The number of aryl methyl sites for hydroxylation is 1. The first kappa shape index (κ1) is 10.5. The molecule has 2 atom stereocenters. The highest BCUT2D eigenvalue weighted by molar-refractivity contribution is 5.74. The van der Waals surface area contributed by atoms with Gasteiger partial charge in [0.2, 0.25) is 0 Å². The first-order valence-corrected chi connectivity index (χ1v) is 7.32. The van der Waals surface area contributed by atoms with Crippen LogP contribution in [0.2, 0.25) is 0 Å². The van der Waals surface area contributed by atoms with Gasteiger partial charge in [-0.05, 0) is 37.1 Å². The lowest BCUT2D eigenvalue weighted by Gasteiger charge is -2.24. The molecule has 0 saturated heterocycles. The fraction of sp³-hybridized carbons (Fsp3) is 0.263. The van der Waals surface area contributed by atoms with Gasteiger partial charge in [0.05, 0.1) is 8.02 Å². The predicted octanol–water partition coefficient (Wildman–Crippen LogP) is 4.63. The maximum atomic E-state index is 8.91. The Labute approximate surface area is 129 Å². The summed E-state index contributed by atoms with van der Waals surface area (Å²) in [7, 11) is 0. The van der Waals surface area contributed by atoms with Gasteiger partial charge in [-0.25, -0.2) is 0 Å². The monoisotopic (exact) mass is 278 g/mol. The van der Waals surface area contributed by atoms with E-state index in [1.165, 1.54) is 0 Å². The molecule has 2 heteroatoms. The Bertz CT molecular complexity index is 826. The molecule has 0 N–H and O–H groups in total.